The molecule has 0 fully saturated rings. The van der Waals surface area contributed by atoms with Gasteiger partial charge in [-0.15, -0.1) is 0 Å². The molecular formula is C8H6Cl2N4. The molecule has 0 aliphatic rings. The van der Waals surface area contributed by atoms with Crippen LogP contribution in [0.4, 0.5) is 5.69 Å². The van der Waals surface area contributed by atoms with Crippen LogP contribution in [-0.4, -0.2) is 15.0 Å². The molecule has 0 N–H and O–H groups in total. The first-order valence-electron chi connectivity index (χ1n) is 3.86. The van der Waals surface area contributed by atoms with Crippen LogP contribution >= 0.6 is 23.6 Å². The van der Waals surface area contributed by atoms with Crippen molar-refractivity contribution in [1.29, 1.82) is 0 Å². The second-order valence-electron chi connectivity index (χ2n) is 2.57. The summed E-state index contributed by atoms with van der Waals surface area (Å²) < 4.78 is 1.00. The number of benzene rings is 1. The lowest BCUT2D eigenvalue weighted by molar-refractivity contribution is 0.752. The Morgan fingerprint density at radius 1 is 1.00 bits per heavy atom. The third-order valence-corrected chi connectivity index (χ3v) is 2.08. The Morgan fingerprint density at radius 2 is 1.57 bits per heavy atom. The fraction of sp³-hybridized carbons (Fsp3) is 0. The molecular weight excluding hydrogens is 223 g/mol. The number of hydrogen-bond donors (Lipinski definition) is 0. The number of rotatable bonds is 2. The van der Waals surface area contributed by atoms with Crippen LogP contribution in [0, 0.1) is 0 Å². The van der Waals surface area contributed by atoms with E-state index in [1.165, 1.54) is 4.80 Å². The summed E-state index contributed by atoms with van der Waals surface area (Å²) in [5, 5.41) is 7.97. The lowest BCUT2D eigenvalue weighted by atomic mass is 10.3. The van der Waals surface area contributed by atoms with E-state index >= 15 is 0 Å². The number of halogens is 2. The topological polar surface area (TPSA) is 34.0 Å². The van der Waals surface area contributed by atoms with Gasteiger partial charge in [-0.2, -0.15) is 18.9 Å². The highest BCUT2D eigenvalue weighted by Crippen LogP contribution is 2.19. The Kier molecular flexibility index (Phi) is 2.56. The molecule has 1 aromatic carbocycles. The molecule has 6 heteroatoms. The summed E-state index contributed by atoms with van der Waals surface area (Å²) >= 11 is 11.1. The number of hydrogen-bond acceptors (Lipinski definition) is 3. The molecule has 0 saturated heterocycles. The van der Waals surface area contributed by atoms with Gasteiger partial charge in [0, 0.05) is 23.6 Å². The van der Waals surface area contributed by atoms with Crippen molar-refractivity contribution in [2.75, 3.05) is 3.94 Å². The zero-order chi connectivity index (χ0) is 9.97. The molecule has 14 heavy (non-hydrogen) atoms. The van der Waals surface area contributed by atoms with Crippen molar-refractivity contribution in [2.24, 2.45) is 0 Å². The van der Waals surface area contributed by atoms with Crippen LogP contribution < -0.4 is 3.94 Å². The van der Waals surface area contributed by atoms with E-state index in [9.17, 15) is 0 Å². The van der Waals surface area contributed by atoms with Crippen molar-refractivity contribution in [3.63, 3.8) is 0 Å². The minimum absolute atomic E-state index is 0.698. The second-order valence-corrected chi connectivity index (χ2v) is 3.42. The molecule has 0 spiro atoms. The summed E-state index contributed by atoms with van der Waals surface area (Å²) in [7, 11) is 0. The molecule has 1 heterocycles. The average Bonchev–Trinajstić information content (AvgIpc) is 2.71. The highest BCUT2D eigenvalue weighted by atomic mass is 35.5. The van der Waals surface area contributed by atoms with Gasteiger partial charge in [-0.1, -0.05) is 0 Å². The number of aromatic nitrogens is 3. The third-order valence-electron chi connectivity index (χ3n) is 1.69. The highest BCUT2D eigenvalue weighted by Gasteiger charge is 2.00. The molecule has 0 saturated carbocycles. The van der Waals surface area contributed by atoms with Crippen LogP contribution in [0.1, 0.15) is 0 Å². The Bertz CT molecular complexity index is 396. The summed E-state index contributed by atoms with van der Waals surface area (Å²) in [4.78, 5) is 1.51. The smallest absolute Gasteiger partial charge is 0.0858 e. The monoisotopic (exact) mass is 228 g/mol. The minimum Gasteiger partial charge on any atom is -0.194 e. The predicted molar refractivity (Wildman–Crippen MR) is 55.5 cm³/mol. The highest BCUT2D eigenvalue weighted by molar-refractivity contribution is 6.49. The molecule has 4 nitrogen and oxygen atoms in total. The minimum atomic E-state index is 0.698. The van der Waals surface area contributed by atoms with Crippen LogP contribution in [0.15, 0.2) is 36.7 Å². The fourth-order valence-corrected chi connectivity index (χ4v) is 1.27. The maximum atomic E-state index is 5.54. The molecule has 2 rings (SSSR count). The van der Waals surface area contributed by atoms with Gasteiger partial charge in [0.05, 0.1) is 23.8 Å². The predicted octanol–water partition coefficient (Wildman–Crippen LogP) is 2.38. The SMILES string of the molecule is ClN(Cl)c1ccc(-n2nccn2)cc1. The van der Waals surface area contributed by atoms with E-state index in [-0.39, 0.29) is 0 Å². The van der Waals surface area contributed by atoms with Crippen molar-refractivity contribution in [2.45, 2.75) is 0 Å². The lowest BCUT2D eigenvalue weighted by Crippen LogP contribution is -1.98. The number of nitrogens with zero attached hydrogens (tertiary/aromatic N) is 4. The van der Waals surface area contributed by atoms with Gasteiger partial charge in [-0.3, -0.25) is 0 Å². The average molecular weight is 229 g/mol. The molecule has 0 aliphatic heterocycles. The maximum absolute atomic E-state index is 5.54. The largest absolute Gasteiger partial charge is 0.194 e. The molecule has 0 amide bonds. The van der Waals surface area contributed by atoms with E-state index in [4.69, 9.17) is 23.6 Å². The third kappa shape index (κ3) is 1.81. The molecule has 72 valence electrons. The second kappa shape index (κ2) is 3.86. The first-order valence-corrected chi connectivity index (χ1v) is 4.53. The standard InChI is InChI=1S/C8H6Cl2N4/c9-13(10)7-1-3-8(4-2-7)14-11-5-6-12-14/h1-6H. The van der Waals surface area contributed by atoms with Crippen molar-refractivity contribution < 1.29 is 0 Å². The molecule has 0 unspecified atom stereocenters. The summed E-state index contributed by atoms with van der Waals surface area (Å²) in [6, 6.07) is 7.21. The van der Waals surface area contributed by atoms with Gasteiger partial charge in [0.15, 0.2) is 0 Å². The molecule has 0 bridgehead atoms. The lowest BCUT2D eigenvalue weighted by Gasteiger charge is -2.05. The Balaban J connectivity index is 2.31. The van der Waals surface area contributed by atoms with E-state index in [1.54, 1.807) is 24.5 Å². The maximum Gasteiger partial charge on any atom is 0.0858 e. The van der Waals surface area contributed by atoms with Gasteiger partial charge in [0.25, 0.3) is 0 Å². The van der Waals surface area contributed by atoms with Gasteiger partial charge in [-0.05, 0) is 24.3 Å². The van der Waals surface area contributed by atoms with Gasteiger partial charge in [0.1, 0.15) is 0 Å². The van der Waals surface area contributed by atoms with E-state index < -0.39 is 0 Å². The summed E-state index contributed by atoms with van der Waals surface area (Å²) in [5.41, 5.74) is 1.55. The first-order chi connectivity index (χ1) is 6.77. The quantitative estimate of drug-likeness (QED) is 0.741. The Hall–Kier alpha value is -1.26. The van der Waals surface area contributed by atoms with Crippen molar-refractivity contribution in [3.8, 4) is 5.69 Å². The van der Waals surface area contributed by atoms with Gasteiger partial charge >= 0.3 is 0 Å². The van der Waals surface area contributed by atoms with E-state index in [1.807, 2.05) is 12.1 Å². The van der Waals surface area contributed by atoms with Gasteiger partial charge in [0.2, 0.25) is 0 Å². The number of anilines is 1. The van der Waals surface area contributed by atoms with Crippen LogP contribution in [0.25, 0.3) is 5.69 Å². The van der Waals surface area contributed by atoms with Crippen molar-refractivity contribution in [3.05, 3.63) is 36.7 Å². The first kappa shape index (κ1) is 9.30. The Morgan fingerprint density at radius 3 is 2.07 bits per heavy atom. The van der Waals surface area contributed by atoms with E-state index in [2.05, 4.69) is 10.2 Å². The molecule has 0 radical (unpaired) electrons. The van der Waals surface area contributed by atoms with E-state index in [0.29, 0.717) is 5.69 Å². The van der Waals surface area contributed by atoms with Crippen LogP contribution in [0.3, 0.4) is 0 Å². The normalized spacial score (nSPS) is 10.1. The molecule has 2 aromatic rings. The Labute approximate surface area is 90.9 Å². The molecule has 0 atom stereocenters. The molecule has 0 aliphatic carbocycles. The van der Waals surface area contributed by atoms with Gasteiger partial charge in [-0.25, -0.2) is 0 Å². The van der Waals surface area contributed by atoms with E-state index in [0.717, 1.165) is 9.63 Å². The summed E-state index contributed by atoms with van der Waals surface area (Å²) in [5.74, 6) is 0. The van der Waals surface area contributed by atoms with Crippen LogP contribution in [0.2, 0.25) is 0 Å². The van der Waals surface area contributed by atoms with Gasteiger partial charge < -0.3 is 0 Å². The zero-order valence-corrected chi connectivity index (χ0v) is 8.52. The van der Waals surface area contributed by atoms with Crippen LogP contribution in [-0.2, 0) is 0 Å². The fourth-order valence-electron chi connectivity index (χ4n) is 1.05. The van der Waals surface area contributed by atoms with Crippen molar-refractivity contribution in [1.82, 2.24) is 15.0 Å². The summed E-state index contributed by atoms with van der Waals surface area (Å²) in [6.07, 6.45) is 3.23. The zero-order valence-electron chi connectivity index (χ0n) is 7.01. The summed E-state index contributed by atoms with van der Waals surface area (Å²) in [6.45, 7) is 0. The van der Waals surface area contributed by atoms with Crippen LogP contribution in [0.5, 0.6) is 0 Å². The molecule has 1 aromatic heterocycles. The van der Waals surface area contributed by atoms with Crippen molar-refractivity contribution >= 4 is 29.2 Å².